The minimum atomic E-state index is -0.700. The summed E-state index contributed by atoms with van der Waals surface area (Å²) in [6, 6.07) is 7.39. The second-order valence-corrected chi connectivity index (χ2v) is 6.59. The molecule has 0 aliphatic carbocycles. The molecule has 0 radical (unpaired) electrons. The smallest absolute Gasteiger partial charge is 0.339 e. The molecule has 0 spiro atoms. The predicted octanol–water partition coefficient (Wildman–Crippen LogP) is 3.08. The van der Waals surface area contributed by atoms with Crippen molar-refractivity contribution in [3.63, 3.8) is 0 Å². The largest absolute Gasteiger partial charge is 0.465 e. The third-order valence-corrected chi connectivity index (χ3v) is 4.99. The van der Waals surface area contributed by atoms with Gasteiger partial charge in [0.25, 0.3) is 0 Å². The first-order valence-corrected chi connectivity index (χ1v) is 8.75. The van der Waals surface area contributed by atoms with Crippen molar-refractivity contribution in [1.82, 2.24) is 4.98 Å². The maximum absolute atomic E-state index is 13.3. The lowest BCUT2D eigenvalue weighted by atomic mass is 9.74. The topological polar surface area (TPSA) is 104 Å². The number of hydrogen-bond acceptors (Lipinski definition) is 7. The normalized spacial score (nSPS) is 15.6. The number of nitro groups is 1. The Morgan fingerprint density at radius 2 is 2.04 bits per heavy atom. The van der Waals surface area contributed by atoms with Crippen LogP contribution in [0.25, 0.3) is 0 Å². The van der Waals surface area contributed by atoms with Crippen molar-refractivity contribution < 1.29 is 23.6 Å². The Morgan fingerprint density at radius 1 is 1.36 bits per heavy atom. The summed E-state index contributed by atoms with van der Waals surface area (Å²) < 4.78 is 23.4. The molecule has 9 heteroatoms. The summed E-state index contributed by atoms with van der Waals surface area (Å²) in [6.45, 7) is 1.43. The first-order valence-electron chi connectivity index (χ1n) is 8.75. The van der Waals surface area contributed by atoms with Crippen LogP contribution < -0.4 is 5.32 Å². The van der Waals surface area contributed by atoms with Crippen LogP contribution in [-0.2, 0) is 14.9 Å². The van der Waals surface area contributed by atoms with E-state index in [0.717, 1.165) is 11.6 Å². The number of halogens is 1. The minimum absolute atomic E-state index is 0.000866. The molecule has 0 amide bonds. The Bertz CT molecular complexity index is 866. The fraction of sp³-hybridized carbons (Fsp3) is 0.368. The van der Waals surface area contributed by atoms with Crippen LogP contribution in [0.15, 0.2) is 36.5 Å². The van der Waals surface area contributed by atoms with Crippen LogP contribution in [0.2, 0.25) is 0 Å². The summed E-state index contributed by atoms with van der Waals surface area (Å²) in [5, 5.41) is 14.5. The lowest BCUT2D eigenvalue weighted by molar-refractivity contribution is -0.384. The number of rotatable bonds is 6. The van der Waals surface area contributed by atoms with Gasteiger partial charge in [0.1, 0.15) is 5.82 Å². The number of hydrogen-bond donors (Lipinski definition) is 1. The maximum Gasteiger partial charge on any atom is 0.339 e. The average molecular weight is 389 g/mol. The van der Waals surface area contributed by atoms with Crippen LogP contribution in [-0.4, -0.2) is 42.7 Å². The summed E-state index contributed by atoms with van der Waals surface area (Å²) in [5.74, 6) is -0.963. The van der Waals surface area contributed by atoms with Crippen molar-refractivity contribution in [2.24, 2.45) is 0 Å². The number of aromatic nitrogens is 1. The van der Waals surface area contributed by atoms with Crippen LogP contribution in [0.4, 0.5) is 15.9 Å². The second-order valence-electron chi connectivity index (χ2n) is 6.59. The molecule has 1 aliphatic rings. The summed E-state index contributed by atoms with van der Waals surface area (Å²) in [7, 11) is 1.19. The molecule has 28 heavy (non-hydrogen) atoms. The van der Waals surface area contributed by atoms with Gasteiger partial charge in [0, 0.05) is 37.4 Å². The van der Waals surface area contributed by atoms with E-state index in [1.807, 2.05) is 0 Å². The van der Waals surface area contributed by atoms with Crippen LogP contribution in [0.5, 0.6) is 0 Å². The van der Waals surface area contributed by atoms with Gasteiger partial charge in [-0.2, -0.15) is 0 Å². The minimum Gasteiger partial charge on any atom is -0.465 e. The summed E-state index contributed by atoms with van der Waals surface area (Å²) in [6.07, 6.45) is 2.59. The van der Waals surface area contributed by atoms with Gasteiger partial charge in [0.2, 0.25) is 5.82 Å². The number of carbonyl (C=O) groups excluding carboxylic acids is 1. The Balaban J connectivity index is 1.88. The summed E-state index contributed by atoms with van der Waals surface area (Å²) in [4.78, 5) is 26.5. The van der Waals surface area contributed by atoms with Crippen molar-refractivity contribution in [2.45, 2.75) is 18.3 Å². The van der Waals surface area contributed by atoms with Gasteiger partial charge in [0.05, 0.1) is 17.6 Å². The maximum atomic E-state index is 13.3. The van der Waals surface area contributed by atoms with Crippen molar-refractivity contribution in [1.29, 1.82) is 0 Å². The molecule has 2 aromatic rings. The van der Waals surface area contributed by atoms with Crippen molar-refractivity contribution in [3.05, 3.63) is 63.6 Å². The Hall–Kier alpha value is -3.07. The van der Waals surface area contributed by atoms with Crippen LogP contribution in [0.1, 0.15) is 28.8 Å². The van der Waals surface area contributed by atoms with Crippen molar-refractivity contribution in [3.8, 4) is 0 Å². The van der Waals surface area contributed by atoms with Gasteiger partial charge < -0.3 is 14.8 Å². The zero-order chi connectivity index (χ0) is 20.1. The van der Waals surface area contributed by atoms with E-state index in [1.54, 1.807) is 12.1 Å². The third-order valence-electron chi connectivity index (χ3n) is 4.99. The molecule has 3 rings (SSSR count). The second kappa shape index (κ2) is 8.30. The number of methoxy groups -OCH3 is 1. The fourth-order valence-corrected chi connectivity index (χ4v) is 3.34. The summed E-state index contributed by atoms with van der Waals surface area (Å²) in [5.41, 5.74) is 0.240. The number of nitrogens with zero attached hydrogens (tertiary/aromatic N) is 2. The first-order chi connectivity index (χ1) is 13.4. The Kier molecular flexibility index (Phi) is 5.84. The van der Waals surface area contributed by atoms with Gasteiger partial charge in [0.15, 0.2) is 0 Å². The monoisotopic (exact) mass is 389 g/mol. The molecular weight excluding hydrogens is 369 g/mol. The zero-order valence-electron chi connectivity index (χ0n) is 15.3. The Morgan fingerprint density at radius 3 is 2.64 bits per heavy atom. The number of carbonyl (C=O) groups is 1. The number of esters is 1. The molecule has 8 nitrogen and oxygen atoms in total. The molecule has 0 unspecified atom stereocenters. The van der Waals surface area contributed by atoms with Gasteiger partial charge in [-0.25, -0.2) is 14.2 Å². The van der Waals surface area contributed by atoms with E-state index in [2.05, 4.69) is 15.0 Å². The van der Waals surface area contributed by atoms with Crippen LogP contribution >= 0.6 is 0 Å². The van der Waals surface area contributed by atoms with Gasteiger partial charge >= 0.3 is 11.7 Å². The highest BCUT2D eigenvalue weighted by molar-refractivity contribution is 5.90. The molecule has 1 aliphatic heterocycles. The first kappa shape index (κ1) is 19.7. The molecule has 2 heterocycles. The SMILES string of the molecule is COC(=O)c1cnc(NCC2(c3ccc(F)cc3)CCOCC2)c([N+](=O)[O-])c1. The summed E-state index contributed by atoms with van der Waals surface area (Å²) >= 11 is 0. The van der Waals surface area contributed by atoms with E-state index < -0.39 is 10.9 Å². The van der Waals surface area contributed by atoms with Crippen molar-refractivity contribution >= 4 is 17.5 Å². The van der Waals surface area contributed by atoms with E-state index in [4.69, 9.17) is 4.74 Å². The number of benzene rings is 1. The number of anilines is 1. The van der Waals surface area contributed by atoms with E-state index in [1.165, 1.54) is 25.4 Å². The highest BCUT2D eigenvalue weighted by atomic mass is 19.1. The predicted molar refractivity (Wildman–Crippen MR) is 98.9 cm³/mol. The van der Waals surface area contributed by atoms with Gasteiger partial charge in [-0.1, -0.05) is 12.1 Å². The molecule has 0 bridgehead atoms. The molecule has 1 fully saturated rings. The van der Waals surface area contributed by atoms with E-state index >= 15 is 0 Å². The molecule has 148 valence electrons. The highest BCUT2D eigenvalue weighted by Gasteiger charge is 2.35. The molecule has 1 aromatic carbocycles. The lowest BCUT2D eigenvalue weighted by Gasteiger charge is -2.38. The van der Waals surface area contributed by atoms with Crippen LogP contribution in [0.3, 0.4) is 0 Å². The molecule has 1 N–H and O–H groups in total. The quantitative estimate of drug-likeness (QED) is 0.460. The lowest BCUT2D eigenvalue weighted by Crippen LogP contribution is -2.40. The van der Waals surface area contributed by atoms with Gasteiger partial charge in [-0.15, -0.1) is 0 Å². The van der Waals surface area contributed by atoms with Crippen molar-refractivity contribution in [2.75, 3.05) is 32.2 Å². The number of ether oxygens (including phenoxy) is 2. The molecule has 1 saturated heterocycles. The average Bonchev–Trinajstić information content (AvgIpc) is 2.72. The molecular formula is C19H20FN3O5. The standard InChI is InChI=1S/C19H20FN3O5/c1-27-18(24)13-10-16(23(25)26)17(21-11-13)22-12-19(6-8-28-9-7-19)14-2-4-15(20)5-3-14/h2-5,10-11H,6-9,12H2,1H3,(H,21,22). The number of nitrogens with one attached hydrogen (secondary N) is 1. The number of pyridine rings is 1. The molecule has 1 aromatic heterocycles. The Labute approximate surface area is 160 Å². The van der Waals surface area contributed by atoms with Gasteiger partial charge in [-0.05, 0) is 30.5 Å². The van der Waals surface area contributed by atoms with Gasteiger partial charge in [-0.3, -0.25) is 10.1 Å². The third kappa shape index (κ3) is 4.09. The molecule has 0 atom stereocenters. The van der Waals surface area contributed by atoms with E-state index in [9.17, 15) is 19.3 Å². The fourth-order valence-electron chi connectivity index (χ4n) is 3.34. The van der Waals surface area contributed by atoms with Crippen LogP contribution in [0, 0.1) is 15.9 Å². The zero-order valence-corrected chi connectivity index (χ0v) is 15.3. The van der Waals surface area contributed by atoms with E-state index in [-0.39, 0.29) is 28.3 Å². The highest BCUT2D eigenvalue weighted by Crippen LogP contribution is 2.36. The molecule has 0 saturated carbocycles. The van der Waals surface area contributed by atoms with E-state index in [0.29, 0.717) is 32.6 Å².